The third-order valence-corrected chi connectivity index (χ3v) is 6.35. The molecule has 8 unspecified atom stereocenters. The van der Waals surface area contributed by atoms with E-state index >= 15 is 0 Å². The van der Waals surface area contributed by atoms with Crippen molar-refractivity contribution in [3.8, 4) is 0 Å². The number of hydrogen-bond donors (Lipinski definition) is 1. The lowest BCUT2D eigenvalue weighted by molar-refractivity contribution is -0.971. The number of nitrogens with one attached hydrogen (secondary N) is 1. The van der Waals surface area contributed by atoms with Gasteiger partial charge in [-0.1, -0.05) is 12.2 Å². The molecule has 0 radical (unpaired) electrons. The van der Waals surface area contributed by atoms with Crippen molar-refractivity contribution in [3.05, 3.63) is 12.2 Å². The Hall–Kier alpha value is -0.460. The van der Waals surface area contributed by atoms with Crippen LogP contribution in [0.4, 0.5) is 0 Å². The summed E-state index contributed by atoms with van der Waals surface area (Å²) in [7, 11) is 7.71. The summed E-state index contributed by atoms with van der Waals surface area (Å²) < 4.78 is 23.9. The third kappa shape index (κ3) is 2.87. The molecule has 9 atom stereocenters. The fraction of sp³-hybridized carbons (Fsp3) is 0.889. The molecular formula is C18H32NO4+. The molecule has 132 valence electrons. The number of quaternary nitrogens is 1. The molecule has 0 amide bonds. The van der Waals surface area contributed by atoms with Gasteiger partial charge in [-0.25, -0.2) is 0 Å². The molecule has 0 bridgehead atoms. The maximum absolute atomic E-state index is 6.36. The highest BCUT2D eigenvalue weighted by molar-refractivity contribution is 5.06. The number of ether oxygens (including phenoxy) is 4. The Bertz CT molecular complexity index is 443. The highest BCUT2D eigenvalue weighted by Gasteiger charge is 2.60. The van der Waals surface area contributed by atoms with Crippen LogP contribution in [-0.4, -0.2) is 65.1 Å². The lowest BCUT2D eigenvalue weighted by Crippen LogP contribution is -3.21. The van der Waals surface area contributed by atoms with Crippen molar-refractivity contribution in [1.29, 1.82) is 0 Å². The van der Waals surface area contributed by atoms with Crippen molar-refractivity contribution in [1.82, 2.24) is 0 Å². The Morgan fingerprint density at radius 3 is 2.35 bits per heavy atom. The first-order chi connectivity index (χ1) is 11.0. The Morgan fingerprint density at radius 2 is 1.78 bits per heavy atom. The number of fused-ring (bicyclic) bond motifs is 2. The molecule has 0 spiro atoms. The molecule has 5 nitrogen and oxygen atoms in total. The molecule has 2 saturated heterocycles. The number of hydrogen-bond acceptors (Lipinski definition) is 4. The van der Waals surface area contributed by atoms with E-state index in [9.17, 15) is 0 Å². The van der Waals surface area contributed by atoms with Crippen molar-refractivity contribution >= 4 is 0 Å². The van der Waals surface area contributed by atoms with Crippen LogP contribution in [0.25, 0.3) is 0 Å². The van der Waals surface area contributed by atoms with Crippen LogP contribution in [0, 0.1) is 11.8 Å². The topological polar surface area (TPSA) is 41.4 Å². The van der Waals surface area contributed by atoms with E-state index in [4.69, 9.17) is 18.9 Å². The summed E-state index contributed by atoms with van der Waals surface area (Å²) in [6.07, 6.45) is 3.95. The molecule has 2 heterocycles. The van der Waals surface area contributed by atoms with E-state index < -0.39 is 0 Å². The van der Waals surface area contributed by atoms with Gasteiger partial charge in [0.05, 0.1) is 31.3 Å². The molecule has 0 aromatic carbocycles. The quantitative estimate of drug-likeness (QED) is 0.770. The average molecular weight is 326 g/mol. The van der Waals surface area contributed by atoms with Crippen molar-refractivity contribution < 1.29 is 23.8 Å². The molecule has 0 aromatic rings. The Kier molecular flexibility index (Phi) is 5.14. The third-order valence-electron chi connectivity index (χ3n) is 6.35. The molecule has 0 aromatic heterocycles. The summed E-state index contributed by atoms with van der Waals surface area (Å²) in [5, 5.41) is 0. The summed E-state index contributed by atoms with van der Waals surface area (Å²) in [6.45, 7) is 6.16. The number of methoxy groups -OCH3 is 3. The lowest BCUT2D eigenvalue weighted by atomic mass is 9.69. The molecule has 3 aliphatic rings. The number of likely N-dealkylation sites (N-methyl/N-ethyl adjacent to an activating group) is 1. The number of rotatable bonds is 4. The van der Waals surface area contributed by atoms with Crippen LogP contribution in [0.5, 0.6) is 0 Å². The van der Waals surface area contributed by atoms with E-state index in [0.29, 0.717) is 17.9 Å². The van der Waals surface area contributed by atoms with Crippen LogP contribution in [-0.2, 0) is 18.9 Å². The Labute approximate surface area is 139 Å². The molecule has 3 fully saturated rings. The van der Waals surface area contributed by atoms with Gasteiger partial charge in [0.15, 0.2) is 6.23 Å². The molecule has 23 heavy (non-hydrogen) atoms. The van der Waals surface area contributed by atoms with Crippen LogP contribution < -0.4 is 4.90 Å². The first kappa shape index (κ1) is 17.4. The zero-order chi connectivity index (χ0) is 16.7. The molecule has 2 aliphatic heterocycles. The van der Waals surface area contributed by atoms with E-state index in [1.807, 2.05) is 14.2 Å². The lowest BCUT2D eigenvalue weighted by Gasteiger charge is -2.51. The molecule has 1 aliphatic carbocycles. The summed E-state index contributed by atoms with van der Waals surface area (Å²) >= 11 is 0. The highest BCUT2D eigenvalue weighted by atomic mass is 16.5. The number of piperidine rings is 1. The molecule has 1 saturated carbocycles. The van der Waals surface area contributed by atoms with Gasteiger partial charge in [-0.15, -0.1) is 0 Å². The van der Waals surface area contributed by atoms with Crippen LogP contribution >= 0.6 is 0 Å². The predicted octanol–water partition coefficient (Wildman–Crippen LogP) is 0.646. The monoisotopic (exact) mass is 326 g/mol. The summed E-state index contributed by atoms with van der Waals surface area (Å²) in [5.74, 6) is 0.855. The first-order valence-corrected chi connectivity index (χ1v) is 8.74. The van der Waals surface area contributed by atoms with Gasteiger partial charge in [0.2, 0.25) is 0 Å². The fourth-order valence-corrected chi connectivity index (χ4v) is 5.26. The van der Waals surface area contributed by atoms with Crippen LogP contribution in [0.2, 0.25) is 0 Å². The van der Waals surface area contributed by atoms with Gasteiger partial charge in [0, 0.05) is 33.7 Å². The van der Waals surface area contributed by atoms with E-state index in [2.05, 4.69) is 20.6 Å². The molecular weight excluding hydrogens is 294 g/mol. The zero-order valence-electron chi connectivity index (χ0n) is 15.1. The Balaban J connectivity index is 1.90. The van der Waals surface area contributed by atoms with Crippen LogP contribution in [0.1, 0.15) is 26.2 Å². The predicted molar refractivity (Wildman–Crippen MR) is 87.4 cm³/mol. The van der Waals surface area contributed by atoms with Gasteiger partial charge in [0.25, 0.3) is 0 Å². The van der Waals surface area contributed by atoms with Gasteiger partial charge in [0.1, 0.15) is 12.1 Å². The van der Waals surface area contributed by atoms with Crippen molar-refractivity contribution in [2.45, 2.75) is 62.9 Å². The van der Waals surface area contributed by atoms with E-state index in [-0.39, 0.29) is 30.6 Å². The van der Waals surface area contributed by atoms with Gasteiger partial charge in [-0.2, -0.15) is 0 Å². The molecule has 1 N–H and O–H groups in total. The largest absolute Gasteiger partial charge is 0.381 e. The fourth-order valence-electron chi connectivity index (χ4n) is 5.26. The van der Waals surface area contributed by atoms with Gasteiger partial charge in [-0.05, 0) is 19.8 Å². The second-order valence-corrected chi connectivity index (χ2v) is 7.53. The van der Waals surface area contributed by atoms with Crippen molar-refractivity contribution in [2.24, 2.45) is 11.8 Å². The normalized spacial score (nSPS) is 49.5. The molecule has 5 heteroatoms. The van der Waals surface area contributed by atoms with Crippen molar-refractivity contribution in [3.63, 3.8) is 0 Å². The van der Waals surface area contributed by atoms with Crippen LogP contribution in [0.3, 0.4) is 0 Å². The first-order valence-electron chi connectivity index (χ1n) is 8.74. The summed E-state index contributed by atoms with van der Waals surface area (Å²) in [4.78, 5) is 1.43. The van der Waals surface area contributed by atoms with Gasteiger partial charge >= 0.3 is 0 Å². The minimum Gasteiger partial charge on any atom is -0.381 e. The van der Waals surface area contributed by atoms with E-state index in [0.717, 1.165) is 24.8 Å². The minimum atomic E-state index is 0.150. The maximum Gasteiger partial charge on any atom is 0.197 e. The van der Waals surface area contributed by atoms with E-state index in [1.165, 1.54) is 4.90 Å². The van der Waals surface area contributed by atoms with Gasteiger partial charge < -0.3 is 23.8 Å². The SMILES string of the molecule is C=C(C)[C@@H]1CC2C(OC)C3CC(OC)CC(OC)C3[NH+](C)C2O1. The van der Waals surface area contributed by atoms with E-state index in [1.54, 1.807) is 7.11 Å². The maximum atomic E-state index is 6.36. The summed E-state index contributed by atoms with van der Waals surface area (Å²) in [5.41, 5.74) is 1.11. The summed E-state index contributed by atoms with van der Waals surface area (Å²) in [6, 6.07) is 0.390. The second kappa shape index (κ2) is 6.81. The Morgan fingerprint density at radius 1 is 1.04 bits per heavy atom. The van der Waals surface area contributed by atoms with Gasteiger partial charge in [-0.3, -0.25) is 0 Å². The minimum absolute atomic E-state index is 0.150. The average Bonchev–Trinajstić information content (AvgIpc) is 2.99. The highest BCUT2D eigenvalue weighted by Crippen LogP contribution is 2.42. The standard InChI is InChI=1S/C18H31NO4/c1-10(2)14-9-13-17(22-6)12-7-11(20-4)8-15(21-5)16(12)19(3)18(13)23-14/h11-18H,1,7-9H2,2-6H3/p+1/t11?,12?,13?,14-,15?,16?,17?,18?/m0/s1. The zero-order valence-corrected chi connectivity index (χ0v) is 15.1. The smallest absolute Gasteiger partial charge is 0.197 e. The second-order valence-electron chi connectivity index (χ2n) is 7.53. The molecule has 3 rings (SSSR count). The van der Waals surface area contributed by atoms with Crippen molar-refractivity contribution in [2.75, 3.05) is 28.4 Å². The number of likely N-dealkylation sites (tertiary alicyclic amines) is 1. The van der Waals surface area contributed by atoms with Crippen LogP contribution in [0.15, 0.2) is 12.2 Å².